The third-order valence-electron chi connectivity index (χ3n) is 15.7. The quantitative estimate of drug-likeness (QED) is 0.123. The molecule has 0 radical (unpaired) electrons. The van der Waals surface area contributed by atoms with Crippen molar-refractivity contribution in [3.8, 4) is 66.8 Å². The fraction of sp³-hybridized carbons (Fsp3) is 0.0133. The minimum atomic E-state index is -0.549. The molecule has 1 heteroatoms. The zero-order chi connectivity index (χ0) is 50.4. The molecular weight excluding hydrogens is 915 g/mol. The van der Waals surface area contributed by atoms with Crippen LogP contribution in [0, 0.1) is 0 Å². The second-order valence-electron chi connectivity index (χ2n) is 19.9. The second-order valence-corrected chi connectivity index (χ2v) is 19.9. The molecule has 13 aromatic rings. The van der Waals surface area contributed by atoms with Crippen molar-refractivity contribution in [3.63, 3.8) is 0 Å². The first kappa shape index (κ1) is 44.8. The lowest BCUT2D eigenvalue weighted by Gasteiger charge is -2.35. The van der Waals surface area contributed by atoms with Gasteiger partial charge in [0.05, 0.1) is 5.41 Å². The number of fused-ring (bicyclic) bond motifs is 6. The number of rotatable bonds is 10. The molecule has 0 amide bonds. The van der Waals surface area contributed by atoms with E-state index in [1.54, 1.807) is 0 Å². The van der Waals surface area contributed by atoms with Gasteiger partial charge in [-0.25, -0.2) is 0 Å². The van der Waals surface area contributed by atoms with Gasteiger partial charge in [0.2, 0.25) is 0 Å². The van der Waals surface area contributed by atoms with Crippen LogP contribution in [0.15, 0.2) is 309 Å². The van der Waals surface area contributed by atoms with Crippen molar-refractivity contribution in [3.05, 3.63) is 332 Å². The van der Waals surface area contributed by atoms with E-state index in [0.29, 0.717) is 0 Å². The molecule has 76 heavy (non-hydrogen) atoms. The summed E-state index contributed by atoms with van der Waals surface area (Å²) in [5, 5.41) is 4.99. The Bertz CT molecular complexity index is 4190. The molecule has 0 aliphatic heterocycles. The summed E-state index contributed by atoms with van der Waals surface area (Å²) >= 11 is 0. The van der Waals surface area contributed by atoms with Gasteiger partial charge in [0.15, 0.2) is 0 Å². The maximum absolute atomic E-state index is 2.47. The van der Waals surface area contributed by atoms with E-state index >= 15 is 0 Å². The van der Waals surface area contributed by atoms with Crippen LogP contribution in [0.3, 0.4) is 0 Å². The van der Waals surface area contributed by atoms with Gasteiger partial charge in [-0.15, -0.1) is 0 Å². The first-order valence-electron chi connectivity index (χ1n) is 26.3. The standard InChI is InChI=1S/C75H51N/c1-7-23-53(24-8-1)63-47-44-61(50-69(63)54-25-9-2-10-26-54)76(62-45-48-67-66-36-21-22-38-71(66)75(72(67)51-62,58-31-15-5-16-32-58)59-33-17-6-18-34-59)60-42-39-52(40-43-60)57-41-46-65-64-35-19-20-37-68(64)73(55-27-11-3-12-28-55)74(70(65)49-57)56-29-13-4-14-30-56/h1-51H. The summed E-state index contributed by atoms with van der Waals surface area (Å²) in [5.74, 6) is 0. The molecule has 0 atom stereocenters. The van der Waals surface area contributed by atoms with Crippen molar-refractivity contribution in [1.82, 2.24) is 0 Å². The number of anilines is 3. The average molecular weight is 966 g/mol. The highest BCUT2D eigenvalue weighted by molar-refractivity contribution is 6.22. The van der Waals surface area contributed by atoms with Crippen molar-refractivity contribution in [2.75, 3.05) is 4.90 Å². The first-order valence-corrected chi connectivity index (χ1v) is 26.3. The van der Waals surface area contributed by atoms with Crippen molar-refractivity contribution in [2.45, 2.75) is 5.41 Å². The van der Waals surface area contributed by atoms with E-state index in [0.717, 1.165) is 22.6 Å². The zero-order valence-electron chi connectivity index (χ0n) is 41.9. The van der Waals surface area contributed by atoms with Crippen LogP contribution in [0.4, 0.5) is 17.1 Å². The van der Waals surface area contributed by atoms with Crippen LogP contribution in [0.2, 0.25) is 0 Å². The molecule has 0 N–H and O–H groups in total. The minimum absolute atomic E-state index is 0.549. The fourth-order valence-electron chi connectivity index (χ4n) is 12.4. The summed E-state index contributed by atoms with van der Waals surface area (Å²) in [6, 6.07) is 114. The summed E-state index contributed by atoms with van der Waals surface area (Å²) in [6.45, 7) is 0. The topological polar surface area (TPSA) is 3.24 Å². The summed E-state index contributed by atoms with van der Waals surface area (Å²) in [4.78, 5) is 2.46. The minimum Gasteiger partial charge on any atom is -0.310 e. The monoisotopic (exact) mass is 965 g/mol. The Kier molecular flexibility index (Phi) is 11.2. The predicted octanol–water partition coefficient (Wildman–Crippen LogP) is 20.2. The van der Waals surface area contributed by atoms with Crippen LogP contribution in [-0.2, 0) is 5.41 Å². The van der Waals surface area contributed by atoms with Gasteiger partial charge < -0.3 is 4.90 Å². The molecule has 13 aromatic carbocycles. The Morgan fingerprint density at radius 3 is 1.24 bits per heavy atom. The number of nitrogens with zero attached hydrogens (tertiary/aromatic N) is 1. The normalized spacial score (nSPS) is 12.3. The van der Waals surface area contributed by atoms with Crippen LogP contribution in [0.5, 0.6) is 0 Å². The molecule has 0 fully saturated rings. The van der Waals surface area contributed by atoms with E-state index < -0.39 is 5.41 Å². The van der Waals surface area contributed by atoms with Crippen molar-refractivity contribution in [2.24, 2.45) is 0 Å². The van der Waals surface area contributed by atoms with E-state index in [1.807, 2.05) is 0 Å². The molecule has 0 unspecified atom stereocenters. The largest absolute Gasteiger partial charge is 0.310 e. The zero-order valence-corrected chi connectivity index (χ0v) is 41.9. The third kappa shape index (κ3) is 7.47. The van der Waals surface area contributed by atoms with E-state index in [4.69, 9.17) is 0 Å². The average Bonchev–Trinajstić information content (AvgIpc) is 3.91. The number of benzene rings is 13. The SMILES string of the molecule is c1ccc(-c2ccc(N(c3ccc(-c4ccc5c(c4)c(-c4ccccc4)c(-c4ccccc4)c4ccccc45)cc3)c3ccc4c(c3)C(c3ccccc3)(c3ccccc3)c3ccccc3-4)cc2-c2ccccc2)cc1. The summed E-state index contributed by atoms with van der Waals surface area (Å²) < 4.78 is 0. The lowest BCUT2D eigenvalue weighted by molar-refractivity contribution is 0.768. The van der Waals surface area contributed by atoms with Gasteiger partial charge in [0, 0.05) is 17.1 Å². The van der Waals surface area contributed by atoms with Crippen molar-refractivity contribution >= 4 is 38.6 Å². The molecule has 14 rings (SSSR count). The lowest BCUT2D eigenvalue weighted by Crippen LogP contribution is -2.28. The van der Waals surface area contributed by atoms with Gasteiger partial charge in [0.25, 0.3) is 0 Å². The Morgan fingerprint density at radius 2 is 0.632 bits per heavy atom. The summed E-state index contributed by atoms with van der Waals surface area (Å²) in [7, 11) is 0. The summed E-state index contributed by atoms with van der Waals surface area (Å²) in [6.07, 6.45) is 0. The highest BCUT2D eigenvalue weighted by atomic mass is 15.1. The molecule has 0 heterocycles. The smallest absolute Gasteiger partial charge is 0.0714 e. The molecule has 1 aliphatic carbocycles. The Hall–Kier alpha value is -9.82. The van der Waals surface area contributed by atoms with Crippen molar-refractivity contribution in [1.29, 1.82) is 0 Å². The van der Waals surface area contributed by atoms with Crippen LogP contribution < -0.4 is 4.90 Å². The molecule has 356 valence electrons. The van der Waals surface area contributed by atoms with E-state index in [9.17, 15) is 0 Å². The van der Waals surface area contributed by atoms with Gasteiger partial charge in [0.1, 0.15) is 0 Å². The lowest BCUT2D eigenvalue weighted by atomic mass is 9.67. The second kappa shape index (κ2) is 18.9. The van der Waals surface area contributed by atoms with Crippen LogP contribution in [-0.4, -0.2) is 0 Å². The molecule has 0 aromatic heterocycles. The number of hydrogen-bond acceptors (Lipinski definition) is 1. The van der Waals surface area contributed by atoms with Gasteiger partial charge in [-0.2, -0.15) is 0 Å². The van der Waals surface area contributed by atoms with Gasteiger partial charge in [-0.1, -0.05) is 267 Å². The van der Waals surface area contributed by atoms with E-state index in [1.165, 1.54) is 105 Å². The van der Waals surface area contributed by atoms with E-state index in [-0.39, 0.29) is 0 Å². The molecule has 0 saturated carbocycles. The van der Waals surface area contributed by atoms with E-state index in [2.05, 4.69) is 314 Å². The molecule has 1 aliphatic rings. The fourth-order valence-corrected chi connectivity index (χ4v) is 12.4. The highest BCUT2D eigenvalue weighted by Crippen LogP contribution is 2.57. The molecule has 0 saturated heterocycles. The summed E-state index contributed by atoms with van der Waals surface area (Å²) in [5.41, 5.74) is 22.2. The Balaban J connectivity index is 0.977. The van der Waals surface area contributed by atoms with Gasteiger partial charge in [-0.3, -0.25) is 0 Å². The maximum Gasteiger partial charge on any atom is 0.0714 e. The molecular formula is C75H51N. The van der Waals surface area contributed by atoms with Crippen molar-refractivity contribution < 1.29 is 0 Å². The third-order valence-corrected chi connectivity index (χ3v) is 15.7. The number of hydrogen-bond donors (Lipinski definition) is 0. The van der Waals surface area contributed by atoms with Crippen LogP contribution in [0.25, 0.3) is 88.3 Å². The van der Waals surface area contributed by atoms with Gasteiger partial charge >= 0.3 is 0 Å². The van der Waals surface area contributed by atoms with Crippen LogP contribution >= 0.6 is 0 Å². The predicted molar refractivity (Wildman–Crippen MR) is 321 cm³/mol. The molecule has 1 nitrogen and oxygen atoms in total. The molecule has 0 spiro atoms. The Morgan fingerprint density at radius 1 is 0.211 bits per heavy atom. The molecule has 0 bridgehead atoms. The maximum atomic E-state index is 2.47. The first-order chi connectivity index (χ1) is 37.7. The van der Waals surface area contributed by atoms with Crippen LogP contribution in [0.1, 0.15) is 22.3 Å². The van der Waals surface area contributed by atoms with Gasteiger partial charge in [-0.05, 0) is 153 Å². The Labute approximate surface area is 444 Å². The highest BCUT2D eigenvalue weighted by Gasteiger charge is 2.46.